The molecule has 11 nitrogen and oxygen atoms in total. The van der Waals surface area contributed by atoms with E-state index in [2.05, 4.69) is 43.5 Å². The van der Waals surface area contributed by atoms with Crippen LogP contribution < -0.4 is 15.4 Å². The number of aliphatic hydroxyl groups excluding tert-OH is 1. The number of nitrogens with zero attached hydrogens (tertiary/aromatic N) is 4. The maximum atomic E-state index is 12.7. The second kappa shape index (κ2) is 13.2. The lowest BCUT2D eigenvalue weighted by atomic mass is 9.93. The van der Waals surface area contributed by atoms with Crippen molar-refractivity contribution >= 4 is 11.7 Å². The van der Waals surface area contributed by atoms with Gasteiger partial charge in [0.2, 0.25) is 0 Å². The standard InChI is InChI=1S/C29H38N6O5/c1-19-25-9-10-35(14-20(25)3-8-27(19)39-16-24-13-30-18-40-24)15-22(36)12-31-29(37)26-11-28(33-17-32-26)34-21-4-6-23(38-2)7-5-21/h3,8,11,13,17-18,21-23,36H,4-7,9-10,12,14-16H2,1-2H3,(H,31,37)(H,32,33,34)/t21-,22-,23+/m0/s1. The van der Waals surface area contributed by atoms with Gasteiger partial charge in [0.25, 0.3) is 5.91 Å². The summed E-state index contributed by atoms with van der Waals surface area (Å²) in [5.74, 6) is 1.83. The molecule has 1 amide bonds. The summed E-state index contributed by atoms with van der Waals surface area (Å²) in [7, 11) is 1.76. The third kappa shape index (κ3) is 7.15. The van der Waals surface area contributed by atoms with Crippen molar-refractivity contribution in [2.45, 2.75) is 70.4 Å². The van der Waals surface area contributed by atoms with Crippen molar-refractivity contribution in [1.82, 2.24) is 25.2 Å². The lowest BCUT2D eigenvalue weighted by molar-refractivity contribution is 0.0681. The first kappa shape index (κ1) is 28.0. The molecule has 3 heterocycles. The first-order valence-electron chi connectivity index (χ1n) is 13.9. The number of hydrogen-bond acceptors (Lipinski definition) is 10. The second-order valence-electron chi connectivity index (χ2n) is 10.6. The monoisotopic (exact) mass is 550 g/mol. The van der Waals surface area contributed by atoms with Gasteiger partial charge in [-0.25, -0.2) is 15.0 Å². The van der Waals surface area contributed by atoms with Crippen molar-refractivity contribution in [3.8, 4) is 5.75 Å². The van der Waals surface area contributed by atoms with Crippen molar-refractivity contribution in [2.75, 3.05) is 32.1 Å². The van der Waals surface area contributed by atoms with Gasteiger partial charge in [-0.2, -0.15) is 0 Å². The number of hydrogen-bond donors (Lipinski definition) is 3. The summed E-state index contributed by atoms with van der Waals surface area (Å²) in [6, 6.07) is 6.04. The van der Waals surface area contributed by atoms with E-state index in [-0.39, 0.29) is 18.1 Å². The van der Waals surface area contributed by atoms with E-state index < -0.39 is 6.10 Å². The Bertz CT molecular complexity index is 1260. The molecule has 3 N–H and O–H groups in total. The average Bonchev–Trinajstić information content (AvgIpc) is 3.50. The van der Waals surface area contributed by atoms with Crippen LogP contribution in [0.25, 0.3) is 0 Å². The van der Waals surface area contributed by atoms with Gasteiger partial charge in [0.1, 0.15) is 30.2 Å². The topological polar surface area (TPSA) is 135 Å². The highest BCUT2D eigenvalue weighted by atomic mass is 16.5. The van der Waals surface area contributed by atoms with E-state index in [1.54, 1.807) is 19.4 Å². The fourth-order valence-electron chi connectivity index (χ4n) is 5.53. The number of β-amino-alcohol motifs (C(OH)–C–C–N with tert-alkyl or cyclic N) is 1. The minimum atomic E-state index is -0.702. The number of anilines is 1. The number of carbonyl (C=O) groups is 1. The van der Waals surface area contributed by atoms with Crippen LogP contribution in [0.15, 0.2) is 41.5 Å². The van der Waals surface area contributed by atoms with E-state index in [0.717, 1.165) is 56.5 Å². The number of benzene rings is 1. The van der Waals surface area contributed by atoms with Gasteiger partial charge in [0.05, 0.1) is 18.4 Å². The van der Waals surface area contributed by atoms with Crippen LogP contribution in [-0.4, -0.2) is 75.9 Å². The minimum absolute atomic E-state index is 0.142. The Balaban J connectivity index is 1.08. The Kier molecular flexibility index (Phi) is 9.25. The number of ether oxygens (including phenoxy) is 2. The van der Waals surface area contributed by atoms with Crippen LogP contribution in [0.4, 0.5) is 5.82 Å². The van der Waals surface area contributed by atoms with Crippen LogP contribution in [-0.2, 0) is 24.3 Å². The molecule has 1 saturated carbocycles. The number of nitrogens with one attached hydrogen (secondary N) is 2. The number of methoxy groups -OCH3 is 1. The zero-order chi connectivity index (χ0) is 27.9. The van der Waals surface area contributed by atoms with Gasteiger partial charge in [-0.15, -0.1) is 0 Å². The highest BCUT2D eigenvalue weighted by Gasteiger charge is 2.23. The fraction of sp³-hybridized carbons (Fsp3) is 0.517. The maximum absolute atomic E-state index is 12.7. The zero-order valence-corrected chi connectivity index (χ0v) is 23.1. The van der Waals surface area contributed by atoms with Gasteiger partial charge in [0.15, 0.2) is 12.2 Å². The molecule has 0 unspecified atom stereocenters. The second-order valence-corrected chi connectivity index (χ2v) is 10.6. The smallest absolute Gasteiger partial charge is 0.270 e. The van der Waals surface area contributed by atoms with Crippen LogP contribution in [0.2, 0.25) is 0 Å². The summed E-state index contributed by atoms with van der Waals surface area (Å²) in [5.41, 5.74) is 3.92. The van der Waals surface area contributed by atoms with Gasteiger partial charge in [0, 0.05) is 45.4 Å². The Labute approximate surface area is 234 Å². The van der Waals surface area contributed by atoms with Crippen molar-refractivity contribution in [3.05, 3.63) is 65.3 Å². The number of fused-ring (bicyclic) bond motifs is 1. The summed E-state index contributed by atoms with van der Waals surface area (Å²) >= 11 is 0. The SMILES string of the molecule is CO[C@H]1CC[C@@H](Nc2cc(C(=O)NC[C@H](O)CN3CCc4c(ccc(OCc5cnco5)c4C)C3)ncn2)CC1. The number of aliphatic hydroxyl groups is 1. The highest BCUT2D eigenvalue weighted by molar-refractivity contribution is 5.92. The molecule has 1 aliphatic heterocycles. The largest absolute Gasteiger partial charge is 0.485 e. The van der Waals surface area contributed by atoms with Crippen LogP contribution in [0.3, 0.4) is 0 Å². The van der Waals surface area contributed by atoms with Crippen LogP contribution in [0.1, 0.15) is 58.6 Å². The third-order valence-corrected chi connectivity index (χ3v) is 7.80. The molecule has 0 spiro atoms. The molecule has 214 valence electrons. The van der Waals surface area contributed by atoms with E-state index in [1.165, 1.54) is 23.8 Å². The molecule has 1 aliphatic carbocycles. The minimum Gasteiger partial charge on any atom is -0.485 e. The summed E-state index contributed by atoms with van der Waals surface area (Å²) in [6.45, 7) is 4.57. The molecule has 3 aromatic rings. The highest BCUT2D eigenvalue weighted by Crippen LogP contribution is 2.30. The molecule has 1 aromatic carbocycles. The van der Waals surface area contributed by atoms with Crippen molar-refractivity contribution in [2.24, 2.45) is 0 Å². The Hall–Kier alpha value is -3.54. The first-order chi connectivity index (χ1) is 19.5. The number of amides is 1. The predicted octanol–water partition coefficient (Wildman–Crippen LogP) is 2.87. The number of oxazole rings is 1. The first-order valence-corrected chi connectivity index (χ1v) is 13.9. The van der Waals surface area contributed by atoms with E-state index >= 15 is 0 Å². The molecular formula is C29H38N6O5. The summed E-state index contributed by atoms with van der Waals surface area (Å²) in [6.07, 6.45) is 8.93. The third-order valence-electron chi connectivity index (χ3n) is 7.80. The molecular weight excluding hydrogens is 512 g/mol. The van der Waals surface area contributed by atoms with Crippen molar-refractivity contribution in [1.29, 1.82) is 0 Å². The molecule has 0 saturated heterocycles. The summed E-state index contributed by atoms with van der Waals surface area (Å²) < 4.78 is 16.6. The summed E-state index contributed by atoms with van der Waals surface area (Å²) in [5, 5.41) is 16.9. The molecule has 2 aliphatic rings. The lowest BCUT2D eigenvalue weighted by Crippen LogP contribution is -2.42. The number of aromatic nitrogens is 3. The molecule has 11 heteroatoms. The fourth-order valence-corrected chi connectivity index (χ4v) is 5.53. The van der Waals surface area contributed by atoms with Crippen molar-refractivity contribution < 1.29 is 23.8 Å². The molecule has 1 atom stereocenters. The van der Waals surface area contributed by atoms with Gasteiger partial charge in [-0.05, 0) is 61.8 Å². The predicted molar refractivity (Wildman–Crippen MR) is 148 cm³/mol. The Morgan fingerprint density at radius 3 is 2.88 bits per heavy atom. The van der Waals surface area contributed by atoms with Crippen molar-refractivity contribution in [3.63, 3.8) is 0 Å². The molecule has 1 fully saturated rings. The Morgan fingerprint density at radius 2 is 2.10 bits per heavy atom. The van der Waals surface area contributed by atoms with Crippen LogP contribution >= 0.6 is 0 Å². The normalized spacial score (nSPS) is 20.0. The van der Waals surface area contributed by atoms with E-state index in [4.69, 9.17) is 13.9 Å². The molecule has 2 aromatic heterocycles. The van der Waals surface area contributed by atoms with E-state index in [9.17, 15) is 9.90 Å². The molecule has 40 heavy (non-hydrogen) atoms. The van der Waals surface area contributed by atoms with Gasteiger partial charge >= 0.3 is 0 Å². The summed E-state index contributed by atoms with van der Waals surface area (Å²) in [4.78, 5) is 27.3. The Morgan fingerprint density at radius 1 is 1.25 bits per heavy atom. The van der Waals surface area contributed by atoms with E-state index in [0.29, 0.717) is 36.9 Å². The molecule has 0 bridgehead atoms. The molecule has 0 radical (unpaired) electrons. The molecule has 5 rings (SSSR count). The quantitative estimate of drug-likeness (QED) is 0.327. The lowest BCUT2D eigenvalue weighted by Gasteiger charge is -2.31. The number of carbonyl (C=O) groups excluding carboxylic acids is 1. The van der Waals surface area contributed by atoms with E-state index in [1.807, 2.05) is 6.07 Å². The maximum Gasteiger partial charge on any atom is 0.270 e. The van der Waals surface area contributed by atoms with Crippen LogP contribution in [0, 0.1) is 6.92 Å². The van der Waals surface area contributed by atoms with Gasteiger partial charge < -0.3 is 29.6 Å². The van der Waals surface area contributed by atoms with Gasteiger partial charge in [-0.3, -0.25) is 9.69 Å². The average molecular weight is 551 g/mol. The zero-order valence-electron chi connectivity index (χ0n) is 23.1. The van der Waals surface area contributed by atoms with Gasteiger partial charge in [-0.1, -0.05) is 6.07 Å². The van der Waals surface area contributed by atoms with Crippen LogP contribution in [0.5, 0.6) is 5.75 Å². The number of rotatable bonds is 11.